The Kier molecular flexibility index (Phi) is 6.65. The van der Waals surface area contributed by atoms with Crippen molar-refractivity contribution in [2.24, 2.45) is 0 Å². The number of hydrogen-bond acceptors (Lipinski definition) is 3. The average Bonchev–Trinajstić information content (AvgIpc) is 2.55. The third kappa shape index (κ3) is 4.49. The summed E-state index contributed by atoms with van der Waals surface area (Å²) in [6.07, 6.45) is 1.95. The maximum absolute atomic E-state index is 12.7. The highest BCUT2D eigenvalue weighted by Gasteiger charge is 2.31. The van der Waals surface area contributed by atoms with E-state index in [1.54, 1.807) is 29.2 Å². The Bertz CT molecular complexity index is 673. The summed E-state index contributed by atoms with van der Waals surface area (Å²) in [5, 5.41) is 2.96. The van der Waals surface area contributed by atoms with E-state index in [0.717, 1.165) is 12.8 Å². The third-order valence-corrected chi connectivity index (χ3v) is 6.98. The van der Waals surface area contributed by atoms with Crippen LogP contribution in [0.15, 0.2) is 33.6 Å². The van der Waals surface area contributed by atoms with Crippen LogP contribution in [0.5, 0.6) is 0 Å². The molecule has 6 nitrogen and oxygen atoms in total. The summed E-state index contributed by atoms with van der Waals surface area (Å²) in [5.74, 6) is 0. The number of carbonyl (C=O) groups excluding carboxylic acids is 1. The molecule has 0 unspecified atom stereocenters. The fourth-order valence-electron chi connectivity index (χ4n) is 2.73. The minimum Gasteiger partial charge on any atom is -0.336 e. The van der Waals surface area contributed by atoms with Gasteiger partial charge in [0.1, 0.15) is 0 Å². The summed E-state index contributed by atoms with van der Waals surface area (Å²) < 4.78 is 27.4. The number of piperazine rings is 1. The van der Waals surface area contributed by atoms with Gasteiger partial charge in [-0.3, -0.25) is 0 Å². The zero-order valence-corrected chi connectivity index (χ0v) is 16.4. The first kappa shape index (κ1) is 19.2. The van der Waals surface area contributed by atoms with E-state index >= 15 is 0 Å². The lowest BCUT2D eigenvalue weighted by Gasteiger charge is -2.34. The van der Waals surface area contributed by atoms with Crippen molar-refractivity contribution in [3.05, 3.63) is 28.7 Å². The molecule has 1 aromatic rings. The van der Waals surface area contributed by atoms with Gasteiger partial charge in [-0.25, -0.2) is 13.2 Å². The van der Waals surface area contributed by atoms with E-state index in [1.165, 1.54) is 4.31 Å². The van der Waals surface area contributed by atoms with Crippen LogP contribution >= 0.6 is 15.9 Å². The number of sulfonamides is 1. The molecule has 1 N–H and O–H groups in total. The number of carbonyl (C=O) groups is 1. The molecule has 0 radical (unpaired) electrons. The fourth-order valence-corrected chi connectivity index (χ4v) is 5.12. The summed E-state index contributed by atoms with van der Waals surface area (Å²) in [6.45, 7) is 5.46. The normalized spacial score (nSPS) is 17.5. The van der Waals surface area contributed by atoms with E-state index in [2.05, 4.69) is 28.2 Å². The first-order valence-corrected chi connectivity index (χ1v) is 10.4. The number of nitrogens with zero attached hydrogens (tertiary/aromatic N) is 2. The molecule has 134 valence electrons. The van der Waals surface area contributed by atoms with Crippen molar-refractivity contribution in [2.45, 2.75) is 37.6 Å². The monoisotopic (exact) mass is 417 g/mol. The maximum Gasteiger partial charge on any atom is 0.317 e. The highest BCUT2D eigenvalue weighted by molar-refractivity contribution is 9.10. The predicted molar refractivity (Wildman–Crippen MR) is 97.4 cm³/mol. The van der Waals surface area contributed by atoms with Crippen LogP contribution < -0.4 is 5.32 Å². The number of hydrogen-bond donors (Lipinski definition) is 1. The standard InChI is InChI=1S/C16H24BrN3O3S/c1-3-6-13(2)18-16(21)19-9-11-20(12-10-19)24(22,23)15-8-5-4-7-14(15)17/h4-5,7-8,13H,3,6,9-12H2,1-2H3,(H,18,21)/t13-/m1/s1. The molecule has 8 heteroatoms. The molecule has 24 heavy (non-hydrogen) atoms. The Hall–Kier alpha value is -1.12. The maximum atomic E-state index is 12.7. The SMILES string of the molecule is CCC[C@@H](C)NC(=O)N1CCN(S(=O)(=O)c2ccccc2Br)CC1. The molecule has 2 amide bonds. The van der Waals surface area contributed by atoms with Crippen LogP contribution in [0.2, 0.25) is 0 Å². The van der Waals surface area contributed by atoms with Gasteiger partial charge in [0.15, 0.2) is 0 Å². The quantitative estimate of drug-likeness (QED) is 0.800. The number of halogens is 1. The zero-order chi connectivity index (χ0) is 17.7. The van der Waals surface area contributed by atoms with Gasteiger partial charge in [0.25, 0.3) is 0 Å². The van der Waals surface area contributed by atoms with E-state index in [-0.39, 0.29) is 17.0 Å². The summed E-state index contributed by atoms with van der Waals surface area (Å²) in [7, 11) is -3.55. The summed E-state index contributed by atoms with van der Waals surface area (Å²) >= 11 is 3.30. The second-order valence-electron chi connectivity index (χ2n) is 5.96. The number of amides is 2. The molecule has 0 bridgehead atoms. The number of urea groups is 1. The van der Waals surface area contributed by atoms with E-state index in [0.29, 0.717) is 30.7 Å². The van der Waals surface area contributed by atoms with Gasteiger partial charge in [-0.15, -0.1) is 0 Å². The Labute approximate surface area is 152 Å². The molecule has 0 spiro atoms. The second kappa shape index (κ2) is 8.31. The van der Waals surface area contributed by atoms with Crippen molar-refractivity contribution in [2.75, 3.05) is 26.2 Å². The molecule has 2 rings (SSSR count). The lowest BCUT2D eigenvalue weighted by Crippen LogP contribution is -2.54. The first-order valence-electron chi connectivity index (χ1n) is 8.16. The first-order chi connectivity index (χ1) is 11.4. The number of rotatable bonds is 5. The molecule has 1 atom stereocenters. The van der Waals surface area contributed by atoms with Gasteiger partial charge in [0, 0.05) is 36.7 Å². The van der Waals surface area contributed by atoms with Crippen LogP contribution in [0.1, 0.15) is 26.7 Å². The molecule has 1 heterocycles. The summed E-state index contributed by atoms with van der Waals surface area (Å²) in [4.78, 5) is 14.1. The van der Waals surface area contributed by atoms with E-state index in [9.17, 15) is 13.2 Å². The lowest BCUT2D eigenvalue weighted by atomic mass is 10.2. The zero-order valence-electron chi connectivity index (χ0n) is 14.0. The molecule has 0 aromatic heterocycles. The molecular weight excluding hydrogens is 394 g/mol. The molecular formula is C16H24BrN3O3S. The van der Waals surface area contributed by atoms with E-state index < -0.39 is 10.0 Å². The molecule has 1 aliphatic heterocycles. The van der Waals surface area contributed by atoms with Crippen molar-refractivity contribution < 1.29 is 13.2 Å². The van der Waals surface area contributed by atoms with Gasteiger partial charge >= 0.3 is 6.03 Å². The highest BCUT2D eigenvalue weighted by Crippen LogP contribution is 2.25. The molecule has 1 fully saturated rings. The van der Waals surface area contributed by atoms with Crippen molar-refractivity contribution in [1.29, 1.82) is 0 Å². The predicted octanol–water partition coefficient (Wildman–Crippen LogP) is 2.65. The number of benzene rings is 1. The smallest absolute Gasteiger partial charge is 0.317 e. The Morgan fingerprint density at radius 2 is 1.88 bits per heavy atom. The van der Waals surface area contributed by atoms with Crippen LogP contribution in [0.25, 0.3) is 0 Å². The molecule has 1 aromatic carbocycles. The van der Waals surface area contributed by atoms with Gasteiger partial charge in [-0.1, -0.05) is 25.5 Å². The molecule has 1 saturated heterocycles. The molecule has 1 aliphatic rings. The Morgan fingerprint density at radius 3 is 2.46 bits per heavy atom. The van der Waals surface area contributed by atoms with Gasteiger partial charge in [0.2, 0.25) is 10.0 Å². The lowest BCUT2D eigenvalue weighted by molar-refractivity contribution is 0.169. The summed E-state index contributed by atoms with van der Waals surface area (Å²) in [6, 6.07) is 6.80. The Morgan fingerprint density at radius 1 is 1.25 bits per heavy atom. The average molecular weight is 418 g/mol. The Balaban J connectivity index is 1.97. The van der Waals surface area contributed by atoms with Crippen LogP contribution in [0.4, 0.5) is 4.79 Å². The fraction of sp³-hybridized carbons (Fsp3) is 0.562. The van der Waals surface area contributed by atoms with Crippen LogP contribution in [-0.2, 0) is 10.0 Å². The minimum absolute atomic E-state index is 0.117. The van der Waals surface area contributed by atoms with E-state index in [4.69, 9.17) is 0 Å². The van der Waals surface area contributed by atoms with Crippen molar-refractivity contribution in [3.63, 3.8) is 0 Å². The van der Waals surface area contributed by atoms with E-state index in [1.807, 2.05) is 6.92 Å². The topological polar surface area (TPSA) is 69.7 Å². The summed E-state index contributed by atoms with van der Waals surface area (Å²) in [5.41, 5.74) is 0. The van der Waals surface area contributed by atoms with Gasteiger partial charge in [-0.05, 0) is 41.4 Å². The van der Waals surface area contributed by atoms with Gasteiger partial charge < -0.3 is 10.2 Å². The van der Waals surface area contributed by atoms with Crippen molar-refractivity contribution >= 4 is 32.0 Å². The van der Waals surface area contributed by atoms with Crippen LogP contribution in [-0.4, -0.2) is 55.9 Å². The minimum atomic E-state index is -3.55. The highest BCUT2D eigenvalue weighted by atomic mass is 79.9. The van der Waals surface area contributed by atoms with Crippen molar-refractivity contribution in [3.8, 4) is 0 Å². The van der Waals surface area contributed by atoms with Gasteiger partial charge in [0.05, 0.1) is 4.90 Å². The van der Waals surface area contributed by atoms with Gasteiger partial charge in [-0.2, -0.15) is 4.31 Å². The van der Waals surface area contributed by atoms with Crippen LogP contribution in [0.3, 0.4) is 0 Å². The molecule has 0 saturated carbocycles. The molecule has 0 aliphatic carbocycles. The van der Waals surface area contributed by atoms with Crippen molar-refractivity contribution in [1.82, 2.24) is 14.5 Å². The third-order valence-electron chi connectivity index (χ3n) is 4.07. The largest absolute Gasteiger partial charge is 0.336 e. The van der Waals surface area contributed by atoms with Crippen LogP contribution in [0, 0.1) is 0 Å². The second-order valence-corrected chi connectivity index (χ2v) is 8.72. The number of nitrogens with one attached hydrogen (secondary N) is 1.